The summed E-state index contributed by atoms with van der Waals surface area (Å²) in [4.78, 5) is 23.6. The number of aromatic nitrogens is 2. The van der Waals surface area contributed by atoms with Gasteiger partial charge in [-0.2, -0.15) is 0 Å². The van der Waals surface area contributed by atoms with E-state index in [1.54, 1.807) is 6.20 Å². The van der Waals surface area contributed by atoms with Gasteiger partial charge < -0.3 is 15.0 Å². The van der Waals surface area contributed by atoms with Crippen molar-refractivity contribution in [3.63, 3.8) is 0 Å². The van der Waals surface area contributed by atoms with Crippen molar-refractivity contribution in [2.45, 2.75) is 19.3 Å². The van der Waals surface area contributed by atoms with E-state index in [9.17, 15) is 4.79 Å². The van der Waals surface area contributed by atoms with Crippen molar-refractivity contribution in [2.24, 2.45) is 5.92 Å². The van der Waals surface area contributed by atoms with Crippen molar-refractivity contribution in [1.82, 2.24) is 9.97 Å². The van der Waals surface area contributed by atoms with Crippen molar-refractivity contribution in [2.75, 3.05) is 36.5 Å². The van der Waals surface area contributed by atoms with Crippen LogP contribution in [0.3, 0.4) is 0 Å². The summed E-state index contributed by atoms with van der Waals surface area (Å²) in [7, 11) is 0. The van der Waals surface area contributed by atoms with Crippen LogP contribution in [0.5, 0.6) is 0 Å². The third kappa shape index (κ3) is 4.91. The molecule has 31 heavy (non-hydrogen) atoms. The van der Waals surface area contributed by atoms with Crippen LogP contribution in [0.1, 0.15) is 29.6 Å². The van der Waals surface area contributed by atoms with Gasteiger partial charge in [-0.15, -0.1) is 0 Å². The predicted octanol–water partition coefficient (Wildman–Crippen LogP) is 4.71. The minimum atomic E-state index is 0.236. The summed E-state index contributed by atoms with van der Waals surface area (Å²) >= 11 is 0. The van der Waals surface area contributed by atoms with E-state index < -0.39 is 0 Å². The highest BCUT2D eigenvalue weighted by Gasteiger charge is 2.24. The van der Waals surface area contributed by atoms with Crippen molar-refractivity contribution >= 4 is 23.1 Å². The molecule has 0 spiro atoms. The molecule has 3 aromatic rings. The number of ketones is 1. The molecule has 6 heteroatoms. The molecular weight excluding hydrogens is 388 g/mol. The fraction of sp³-hybridized carbons (Fsp3) is 0.320. The maximum atomic E-state index is 12.3. The lowest BCUT2D eigenvalue weighted by molar-refractivity contribution is 0.0976. The molecule has 1 aliphatic heterocycles. The van der Waals surface area contributed by atoms with E-state index in [0.29, 0.717) is 18.3 Å². The van der Waals surface area contributed by atoms with Crippen molar-refractivity contribution < 1.29 is 9.53 Å². The van der Waals surface area contributed by atoms with Crippen LogP contribution < -0.4 is 10.2 Å². The van der Waals surface area contributed by atoms with Crippen molar-refractivity contribution in [1.29, 1.82) is 0 Å². The highest BCUT2D eigenvalue weighted by molar-refractivity contribution is 5.96. The number of hydrogen-bond acceptors (Lipinski definition) is 6. The van der Waals surface area contributed by atoms with Crippen LogP contribution in [-0.2, 0) is 4.74 Å². The summed E-state index contributed by atoms with van der Waals surface area (Å²) in [5.41, 5.74) is 4.71. The number of benzene rings is 2. The van der Waals surface area contributed by atoms with Gasteiger partial charge in [0.1, 0.15) is 0 Å². The Morgan fingerprint density at radius 1 is 1.00 bits per heavy atom. The fourth-order valence-corrected chi connectivity index (χ4v) is 3.81. The summed E-state index contributed by atoms with van der Waals surface area (Å²) in [6.07, 6.45) is 4.80. The molecule has 0 bridgehead atoms. The molecule has 2 aromatic carbocycles. The molecule has 0 amide bonds. The van der Waals surface area contributed by atoms with Crippen LogP contribution in [0.25, 0.3) is 11.3 Å². The standard InChI is InChI=1S/C25H26N4O2/c30-24(17-18-1-2-18)20-5-3-19(4-6-20)23-11-12-26-25(28-23)27-21-7-9-22(10-8-21)29-13-15-31-16-14-29/h3-12,18H,1-2,13-17H2,(H,26,27,28). The van der Waals surface area contributed by atoms with E-state index in [1.165, 1.54) is 18.5 Å². The molecule has 6 nitrogen and oxygen atoms in total. The number of anilines is 3. The molecule has 1 aromatic heterocycles. The predicted molar refractivity (Wildman–Crippen MR) is 122 cm³/mol. The molecule has 1 N–H and O–H groups in total. The molecule has 0 atom stereocenters. The lowest BCUT2D eigenvalue weighted by Gasteiger charge is -2.28. The highest BCUT2D eigenvalue weighted by Crippen LogP contribution is 2.33. The summed E-state index contributed by atoms with van der Waals surface area (Å²) < 4.78 is 5.42. The van der Waals surface area contributed by atoms with Gasteiger partial charge in [0, 0.05) is 48.2 Å². The third-order valence-electron chi connectivity index (χ3n) is 5.83. The van der Waals surface area contributed by atoms with E-state index >= 15 is 0 Å². The second-order valence-electron chi connectivity index (χ2n) is 8.18. The molecule has 2 fully saturated rings. The smallest absolute Gasteiger partial charge is 0.227 e. The molecule has 0 radical (unpaired) electrons. The van der Waals surface area contributed by atoms with Gasteiger partial charge in [0.25, 0.3) is 0 Å². The van der Waals surface area contributed by atoms with Gasteiger partial charge in [0.05, 0.1) is 18.9 Å². The molecular formula is C25H26N4O2. The van der Waals surface area contributed by atoms with Gasteiger partial charge in [-0.3, -0.25) is 4.79 Å². The van der Waals surface area contributed by atoms with Crippen molar-refractivity contribution in [3.05, 3.63) is 66.4 Å². The minimum Gasteiger partial charge on any atom is -0.378 e. The number of morpholine rings is 1. The molecule has 2 aliphatic rings. The number of Topliss-reactive ketones (excluding diaryl/α,β-unsaturated/α-hetero) is 1. The van der Waals surface area contributed by atoms with Gasteiger partial charge in [-0.05, 0) is 49.1 Å². The largest absolute Gasteiger partial charge is 0.378 e. The lowest BCUT2D eigenvalue weighted by Crippen LogP contribution is -2.36. The van der Waals surface area contributed by atoms with E-state index in [-0.39, 0.29) is 5.78 Å². The summed E-state index contributed by atoms with van der Waals surface area (Å²) in [5.74, 6) is 1.38. The zero-order chi connectivity index (χ0) is 21.0. The lowest BCUT2D eigenvalue weighted by atomic mass is 10.0. The maximum Gasteiger partial charge on any atom is 0.227 e. The quantitative estimate of drug-likeness (QED) is 0.565. The van der Waals surface area contributed by atoms with Gasteiger partial charge in [-0.25, -0.2) is 9.97 Å². The second kappa shape index (κ2) is 8.86. The van der Waals surface area contributed by atoms with E-state index in [1.807, 2.05) is 42.5 Å². The molecule has 5 rings (SSSR count). The second-order valence-corrected chi connectivity index (χ2v) is 8.18. The summed E-state index contributed by atoms with van der Waals surface area (Å²) in [6.45, 7) is 3.39. The van der Waals surface area contributed by atoms with Crippen LogP contribution in [0.15, 0.2) is 60.8 Å². The zero-order valence-corrected chi connectivity index (χ0v) is 17.5. The molecule has 158 valence electrons. The Balaban J connectivity index is 1.26. The molecule has 2 heterocycles. The van der Waals surface area contributed by atoms with Gasteiger partial charge in [-0.1, -0.05) is 24.3 Å². The SMILES string of the molecule is O=C(CC1CC1)c1ccc(-c2ccnc(Nc3ccc(N4CCOCC4)cc3)n2)cc1. The van der Waals surface area contributed by atoms with Crippen LogP contribution in [-0.4, -0.2) is 42.1 Å². The van der Waals surface area contributed by atoms with Gasteiger partial charge in [0.15, 0.2) is 5.78 Å². The average Bonchev–Trinajstić information content (AvgIpc) is 3.64. The Hall–Kier alpha value is -3.25. The van der Waals surface area contributed by atoms with Crippen molar-refractivity contribution in [3.8, 4) is 11.3 Å². The first-order valence-corrected chi connectivity index (χ1v) is 10.9. The van der Waals surface area contributed by atoms with Gasteiger partial charge in [0.2, 0.25) is 5.95 Å². The number of nitrogens with zero attached hydrogens (tertiary/aromatic N) is 3. The molecule has 1 saturated heterocycles. The molecule has 1 aliphatic carbocycles. The number of nitrogens with one attached hydrogen (secondary N) is 1. The highest BCUT2D eigenvalue weighted by atomic mass is 16.5. The third-order valence-corrected chi connectivity index (χ3v) is 5.83. The number of hydrogen-bond donors (Lipinski definition) is 1. The summed E-state index contributed by atoms with van der Waals surface area (Å²) in [6, 6.07) is 17.9. The summed E-state index contributed by atoms with van der Waals surface area (Å²) in [5, 5.41) is 3.28. The minimum absolute atomic E-state index is 0.236. The Kier molecular flexibility index (Phi) is 5.63. The topological polar surface area (TPSA) is 67.4 Å². The first-order valence-electron chi connectivity index (χ1n) is 10.9. The normalized spacial score (nSPS) is 16.2. The van der Waals surface area contributed by atoms with Crippen LogP contribution in [0.4, 0.5) is 17.3 Å². The monoisotopic (exact) mass is 414 g/mol. The number of carbonyl (C=O) groups excluding carboxylic acids is 1. The maximum absolute atomic E-state index is 12.3. The average molecular weight is 415 g/mol. The Morgan fingerprint density at radius 2 is 1.74 bits per heavy atom. The van der Waals surface area contributed by atoms with E-state index in [0.717, 1.165) is 48.8 Å². The van der Waals surface area contributed by atoms with Crippen LogP contribution in [0.2, 0.25) is 0 Å². The number of ether oxygens (including phenoxy) is 1. The Bertz CT molecular complexity index is 1040. The zero-order valence-electron chi connectivity index (χ0n) is 17.5. The van der Waals surface area contributed by atoms with E-state index in [2.05, 4.69) is 32.3 Å². The van der Waals surface area contributed by atoms with E-state index in [4.69, 9.17) is 4.74 Å². The van der Waals surface area contributed by atoms with Crippen LogP contribution in [0, 0.1) is 5.92 Å². The first kappa shape index (κ1) is 19.7. The Labute approximate surface area is 182 Å². The molecule has 1 saturated carbocycles. The van der Waals surface area contributed by atoms with Gasteiger partial charge >= 0.3 is 0 Å². The molecule has 0 unspecified atom stereocenters. The fourth-order valence-electron chi connectivity index (χ4n) is 3.81. The van der Waals surface area contributed by atoms with Crippen LogP contribution >= 0.6 is 0 Å². The number of rotatable bonds is 7. The number of carbonyl (C=O) groups is 1. The Morgan fingerprint density at radius 3 is 2.45 bits per heavy atom. The first-order chi connectivity index (χ1) is 15.2.